The van der Waals surface area contributed by atoms with Crippen LogP contribution in [0.25, 0.3) is 0 Å². The van der Waals surface area contributed by atoms with Crippen LogP contribution in [0, 0.1) is 10.1 Å². The van der Waals surface area contributed by atoms with E-state index >= 15 is 0 Å². The number of Topliss-reactive ketones (excluding diaryl/α,β-unsaturated/α-hetero) is 1. The van der Waals surface area contributed by atoms with Crippen LogP contribution in [-0.4, -0.2) is 46.2 Å². The molecule has 0 radical (unpaired) electrons. The molecule has 1 aromatic carbocycles. The first-order valence-electron chi connectivity index (χ1n) is 6.29. The van der Waals surface area contributed by atoms with Gasteiger partial charge in [-0.2, -0.15) is 13.2 Å². The maximum atomic E-state index is 12.8. The van der Waals surface area contributed by atoms with Crippen molar-refractivity contribution in [3.63, 3.8) is 0 Å². The van der Waals surface area contributed by atoms with Gasteiger partial charge in [0.2, 0.25) is 11.5 Å². The van der Waals surface area contributed by atoms with E-state index in [9.17, 15) is 33.2 Å². The number of hydrogen-bond acceptors (Lipinski definition) is 6. The Morgan fingerprint density at radius 2 is 2.08 bits per heavy atom. The molecular formula is C13H9ClF3N3O4. The summed E-state index contributed by atoms with van der Waals surface area (Å²) in [5.41, 5.74) is -2.85. The number of benzene rings is 1. The van der Waals surface area contributed by atoms with Crippen LogP contribution in [0.1, 0.15) is 10.4 Å². The van der Waals surface area contributed by atoms with E-state index in [2.05, 4.69) is 4.99 Å². The number of carbonyl (C=O) groups excluding carboxylic acids is 1. The quantitative estimate of drug-likeness (QED) is 0.506. The Balaban J connectivity index is 2.47. The van der Waals surface area contributed by atoms with Gasteiger partial charge in [0.05, 0.1) is 11.5 Å². The van der Waals surface area contributed by atoms with E-state index in [1.54, 1.807) is 0 Å². The number of carbonyl (C=O) groups is 1. The van der Waals surface area contributed by atoms with Crippen molar-refractivity contribution in [3.05, 3.63) is 44.7 Å². The summed E-state index contributed by atoms with van der Waals surface area (Å²) in [5, 5.41) is 19.7. The van der Waals surface area contributed by atoms with Gasteiger partial charge in [0.1, 0.15) is 16.4 Å². The number of nitrogens with zero attached hydrogens (tertiary/aromatic N) is 3. The molecule has 1 aromatic rings. The van der Waals surface area contributed by atoms with Gasteiger partial charge in [-0.15, -0.1) is 0 Å². The molecule has 128 valence electrons. The predicted molar refractivity (Wildman–Crippen MR) is 78.3 cm³/mol. The van der Waals surface area contributed by atoms with Crippen molar-refractivity contribution in [1.82, 2.24) is 4.90 Å². The minimum absolute atomic E-state index is 0.397. The average Bonchev–Trinajstić information content (AvgIpc) is 2.47. The van der Waals surface area contributed by atoms with Crippen molar-refractivity contribution in [2.75, 3.05) is 13.6 Å². The minimum atomic E-state index is -4.71. The van der Waals surface area contributed by atoms with Crippen LogP contribution in [0.2, 0.25) is 5.02 Å². The first-order chi connectivity index (χ1) is 11.0. The van der Waals surface area contributed by atoms with Crippen LogP contribution in [-0.2, 0) is 0 Å². The van der Waals surface area contributed by atoms with Crippen molar-refractivity contribution in [2.24, 2.45) is 4.99 Å². The number of rotatable bonds is 3. The third-order valence-corrected chi connectivity index (χ3v) is 3.48. The van der Waals surface area contributed by atoms with Gasteiger partial charge in [0, 0.05) is 24.9 Å². The van der Waals surface area contributed by atoms with Gasteiger partial charge in [-0.3, -0.25) is 14.9 Å². The van der Waals surface area contributed by atoms with Crippen LogP contribution < -0.4 is 0 Å². The molecule has 0 unspecified atom stereocenters. The van der Waals surface area contributed by atoms with E-state index in [1.165, 1.54) is 7.05 Å². The molecule has 0 aromatic heterocycles. The molecule has 2 rings (SSSR count). The number of phenols is 1. The first kappa shape index (κ1) is 17.7. The first-order valence-corrected chi connectivity index (χ1v) is 6.67. The number of ketones is 1. The molecule has 1 aliphatic heterocycles. The third-order valence-electron chi connectivity index (χ3n) is 3.09. The number of nitro groups is 1. The highest BCUT2D eigenvalue weighted by atomic mass is 35.5. The van der Waals surface area contributed by atoms with Gasteiger partial charge in [-0.1, -0.05) is 11.6 Å². The Kier molecular flexibility index (Phi) is 4.52. The Hall–Kier alpha value is -2.62. The molecule has 0 fully saturated rings. The fraction of sp³-hybridized carbons (Fsp3) is 0.231. The lowest BCUT2D eigenvalue weighted by atomic mass is 10.1. The lowest BCUT2D eigenvalue weighted by Gasteiger charge is -2.23. The summed E-state index contributed by atoms with van der Waals surface area (Å²) in [6, 6.07) is 1.77. The number of aromatic hydroxyl groups is 1. The summed E-state index contributed by atoms with van der Waals surface area (Å²) < 4.78 is 38.4. The zero-order valence-corrected chi connectivity index (χ0v) is 12.7. The zero-order chi connectivity index (χ0) is 18.2. The Morgan fingerprint density at radius 3 is 2.62 bits per heavy atom. The summed E-state index contributed by atoms with van der Waals surface area (Å²) in [6.45, 7) is -0.528. The summed E-state index contributed by atoms with van der Waals surface area (Å²) in [7, 11) is 1.32. The summed E-state index contributed by atoms with van der Waals surface area (Å²) >= 11 is 5.73. The molecule has 0 saturated carbocycles. The fourth-order valence-corrected chi connectivity index (χ4v) is 2.22. The zero-order valence-electron chi connectivity index (χ0n) is 12.0. The van der Waals surface area contributed by atoms with Crippen molar-refractivity contribution in [2.45, 2.75) is 6.18 Å². The number of phenolic OH excluding ortho intramolecular Hbond substituents is 1. The SMILES string of the molecule is CN1C=C(C(=O)c2ccc([N+](=O)[O-])c(O)c2Cl)N=C(C(F)(F)F)C1. The van der Waals surface area contributed by atoms with Gasteiger partial charge in [0.15, 0.2) is 0 Å². The molecule has 0 bridgehead atoms. The molecule has 0 aliphatic carbocycles. The van der Waals surface area contributed by atoms with Crippen molar-refractivity contribution < 1.29 is 28.0 Å². The molecule has 0 amide bonds. The van der Waals surface area contributed by atoms with Crippen molar-refractivity contribution >= 4 is 28.8 Å². The van der Waals surface area contributed by atoms with Crippen molar-refractivity contribution in [3.8, 4) is 5.75 Å². The number of halogens is 4. The van der Waals surface area contributed by atoms with E-state index in [1.807, 2.05) is 0 Å². The van der Waals surface area contributed by atoms with Crippen LogP contribution in [0.4, 0.5) is 18.9 Å². The highest BCUT2D eigenvalue weighted by Gasteiger charge is 2.38. The second-order valence-corrected chi connectivity index (χ2v) is 5.24. The maximum Gasteiger partial charge on any atom is 0.431 e. The lowest BCUT2D eigenvalue weighted by Crippen LogP contribution is -2.36. The molecule has 0 spiro atoms. The van der Waals surface area contributed by atoms with Gasteiger partial charge in [-0.25, -0.2) is 4.99 Å². The van der Waals surface area contributed by atoms with Crippen LogP contribution in [0.3, 0.4) is 0 Å². The van der Waals surface area contributed by atoms with Crippen LogP contribution in [0.15, 0.2) is 29.0 Å². The molecule has 24 heavy (non-hydrogen) atoms. The smallest absolute Gasteiger partial charge is 0.431 e. The van der Waals surface area contributed by atoms with Crippen LogP contribution in [0.5, 0.6) is 5.75 Å². The van der Waals surface area contributed by atoms with Crippen molar-refractivity contribution in [1.29, 1.82) is 0 Å². The van der Waals surface area contributed by atoms with Gasteiger partial charge in [-0.05, 0) is 6.07 Å². The van der Waals surface area contributed by atoms with E-state index in [0.29, 0.717) is 0 Å². The maximum absolute atomic E-state index is 12.8. The van der Waals surface area contributed by atoms with Gasteiger partial charge < -0.3 is 10.0 Å². The predicted octanol–water partition coefficient (Wildman–Crippen LogP) is 2.93. The highest BCUT2D eigenvalue weighted by Crippen LogP contribution is 2.37. The number of alkyl halides is 3. The highest BCUT2D eigenvalue weighted by molar-refractivity contribution is 6.36. The molecule has 0 atom stereocenters. The Bertz CT molecular complexity index is 789. The molecule has 7 nitrogen and oxygen atoms in total. The molecular weight excluding hydrogens is 355 g/mol. The van der Waals surface area contributed by atoms with Gasteiger partial charge in [0.25, 0.3) is 0 Å². The van der Waals surface area contributed by atoms with E-state index in [4.69, 9.17) is 11.6 Å². The Labute approximate surface area is 137 Å². The molecule has 1 N–H and O–H groups in total. The monoisotopic (exact) mass is 363 g/mol. The van der Waals surface area contributed by atoms with Gasteiger partial charge >= 0.3 is 11.9 Å². The molecule has 1 aliphatic rings. The normalized spacial score (nSPS) is 15.0. The minimum Gasteiger partial charge on any atom is -0.501 e. The summed E-state index contributed by atoms with van der Waals surface area (Å²) in [5.74, 6) is -1.95. The summed E-state index contributed by atoms with van der Waals surface area (Å²) in [4.78, 5) is 26.5. The summed E-state index contributed by atoms with van der Waals surface area (Å²) in [6.07, 6.45) is -3.62. The topological polar surface area (TPSA) is 96.0 Å². The standard InChI is InChI=1S/C13H9ClF3N3O4/c1-19-4-7(18-9(5-19)13(15,16)17)11(21)6-2-3-8(20(23)24)12(22)10(6)14/h2-4,22H,5H2,1H3. The number of hydrogen-bond donors (Lipinski definition) is 1. The van der Waals surface area contributed by atoms with E-state index < -0.39 is 56.9 Å². The largest absolute Gasteiger partial charge is 0.501 e. The second kappa shape index (κ2) is 6.11. The molecule has 11 heteroatoms. The molecule has 0 saturated heterocycles. The third kappa shape index (κ3) is 3.32. The Morgan fingerprint density at radius 1 is 1.46 bits per heavy atom. The fourth-order valence-electron chi connectivity index (χ4n) is 1.98. The molecule has 1 heterocycles. The number of nitro benzene ring substituents is 1. The van der Waals surface area contributed by atoms with E-state index in [0.717, 1.165) is 23.2 Å². The number of aliphatic imine (C=N–C) groups is 1. The average molecular weight is 364 g/mol. The second-order valence-electron chi connectivity index (χ2n) is 4.87. The van der Waals surface area contributed by atoms with Crippen LogP contribution >= 0.6 is 11.6 Å². The van der Waals surface area contributed by atoms with E-state index in [-0.39, 0.29) is 0 Å². The number of allylic oxidation sites excluding steroid dienone is 1. The lowest BCUT2D eigenvalue weighted by molar-refractivity contribution is -0.385.